The van der Waals surface area contributed by atoms with Crippen molar-refractivity contribution in [2.24, 2.45) is 5.92 Å². The molecule has 138 valence electrons. The number of carbonyl (C=O) groups excluding carboxylic acids is 1. The van der Waals surface area contributed by atoms with Gasteiger partial charge in [0.05, 0.1) is 24.1 Å². The van der Waals surface area contributed by atoms with Crippen LogP contribution in [-0.2, 0) is 4.79 Å². The maximum atomic E-state index is 12.0. The van der Waals surface area contributed by atoms with Gasteiger partial charge in [0.1, 0.15) is 12.4 Å². The zero-order chi connectivity index (χ0) is 18.9. The first-order valence-electron chi connectivity index (χ1n) is 8.36. The minimum atomic E-state index is -0.793. The van der Waals surface area contributed by atoms with Crippen molar-refractivity contribution < 1.29 is 19.7 Å². The van der Waals surface area contributed by atoms with E-state index in [1.165, 1.54) is 6.08 Å². The van der Waals surface area contributed by atoms with Gasteiger partial charge >= 0.3 is 0 Å². The maximum Gasteiger partial charge on any atom is 0.248 e. The molecular weight excluding hydrogens is 332 g/mol. The van der Waals surface area contributed by atoms with Gasteiger partial charge in [-0.1, -0.05) is 37.3 Å². The molecule has 0 aliphatic heterocycles. The van der Waals surface area contributed by atoms with E-state index in [0.717, 1.165) is 0 Å². The third kappa shape index (κ3) is 5.61. The van der Waals surface area contributed by atoms with E-state index in [2.05, 4.69) is 5.32 Å². The molecule has 0 aromatic heterocycles. The third-order valence-corrected chi connectivity index (χ3v) is 3.83. The van der Waals surface area contributed by atoms with Crippen molar-refractivity contribution in [3.63, 3.8) is 0 Å². The van der Waals surface area contributed by atoms with Crippen LogP contribution < -0.4 is 15.8 Å². The second-order valence-corrected chi connectivity index (χ2v) is 5.88. The molecule has 0 fully saturated rings. The van der Waals surface area contributed by atoms with Crippen molar-refractivity contribution in [2.75, 3.05) is 24.3 Å². The van der Waals surface area contributed by atoms with E-state index in [1.54, 1.807) is 54.6 Å². The Morgan fingerprint density at radius 3 is 2.77 bits per heavy atom. The summed E-state index contributed by atoms with van der Waals surface area (Å²) in [7, 11) is 0. The fraction of sp³-hybridized carbons (Fsp3) is 0.250. The Balaban J connectivity index is 1.97. The number of hydrogen-bond acceptors (Lipinski definition) is 5. The molecule has 0 unspecified atom stereocenters. The number of benzene rings is 2. The number of anilines is 2. The van der Waals surface area contributed by atoms with Crippen LogP contribution in [0.15, 0.2) is 60.7 Å². The van der Waals surface area contributed by atoms with Crippen molar-refractivity contribution in [3.05, 3.63) is 66.2 Å². The molecular formula is C20H24N2O4. The average Bonchev–Trinajstić information content (AvgIpc) is 2.66. The summed E-state index contributed by atoms with van der Waals surface area (Å²) in [5.41, 5.74) is 7.50. The molecule has 0 saturated carbocycles. The number of carbonyl (C=O) groups is 1. The van der Waals surface area contributed by atoms with Crippen LogP contribution in [-0.4, -0.2) is 29.3 Å². The Kier molecular flexibility index (Phi) is 7.20. The topological polar surface area (TPSA) is 105 Å². The molecule has 5 N–H and O–H groups in total. The summed E-state index contributed by atoms with van der Waals surface area (Å²) in [5, 5.41) is 22.0. The fourth-order valence-corrected chi connectivity index (χ4v) is 2.39. The number of ether oxygens (including phenoxy) is 1. The van der Waals surface area contributed by atoms with Gasteiger partial charge in [-0.3, -0.25) is 4.79 Å². The SMILES string of the molecule is C[C@H](/C=C/C(=O)Nc1ccccc1N)[C@@H](O)c1cccc(OCCO)c1. The maximum absolute atomic E-state index is 12.0. The van der Waals surface area contributed by atoms with Crippen molar-refractivity contribution in [1.29, 1.82) is 0 Å². The van der Waals surface area contributed by atoms with Gasteiger partial charge in [-0.2, -0.15) is 0 Å². The lowest BCUT2D eigenvalue weighted by molar-refractivity contribution is -0.111. The number of hydrogen-bond donors (Lipinski definition) is 4. The molecule has 0 saturated heterocycles. The van der Waals surface area contributed by atoms with E-state index in [0.29, 0.717) is 22.7 Å². The molecule has 2 aromatic rings. The largest absolute Gasteiger partial charge is 0.491 e. The Labute approximate surface area is 152 Å². The molecule has 6 heteroatoms. The normalized spacial score (nSPS) is 13.3. The predicted molar refractivity (Wildman–Crippen MR) is 102 cm³/mol. The number of nitrogens with two attached hydrogens (primary N) is 1. The van der Waals surface area contributed by atoms with E-state index < -0.39 is 6.10 Å². The Hall–Kier alpha value is -2.83. The standard InChI is InChI=1S/C20H24N2O4/c1-14(9-10-19(24)22-18-8-3-2-7-17(18)21)20(25)15-5-4-6-16(13-15)26-12-11-23/h2-10,13-14,20,23,25H,11-12,21H2,1H3,(H,22,24)/b10-9+/t14-,20-/m1/s1. The predicted octanol–water partition coefficient (Wildman–Crippen LogP) is 2.50. The molecule has 2 atom stereocenters. The minimum absolute atomic E-state index is 0.0764. The number of aliphatic hydroxyl groups is 2. The molecule has 2 aromatic carbocycles. The van der Waals surface area contributed by atoms with Crippen LogP contribution in [0.2, 0.25) is 0 Å². The summed E-state index contributed by atoms with van der Waals surface area (Å²) in [5.74, 6) is -0.0342. The monoisotopic (exact) mass is 356 g/mol. The number of aliphatic hydroxyl groups excluding tert-OH is 2. The molecule has 0 aliphatic rings. The van der Waals surface area contributed by atoms with Crippen molar-refractivity contribution in [3.8, 4) is 5.75 Å². The summed E-state index contributed by atoms with van der Waals surface area (Å²) in [6, 6.07) is 14.0. The van der Waals surface area contributed by atoms with Gasteiger partial charge in [0.15, 0.2) is 0 Å². The van der Waals surface area contributed by atoms with Crippen molar-refractivity contribution >= 4 is 17.3 Å². The van der Waals surface area contributed by atoms with Gasteiger partial charge in [0.2, 0.25) is 5.91 Å². The number of para-hydroxylation sites is 2. The molecule has 1 amide bonds. The van der Waals surface area contributed by atoms with Gasteiger partial charge in [-0.25, -0.2) is 0 Å². The van der Waals surface area contributed by atoms with E-state index in [4.69, 9.17) is 15.6 Å². The molecule has 26 heavy (non-hydrogen) atoms. The Bertz CT molecular complexity index is 761. The summed E-state index contributed by atoms with van der Waals surface area (Å²) >= 11 is 0. The minimum Gasteiger partial charge on any atom is -0.491 e. The highest BCUT2D eigenvalue weighted by atomic mass is 16.5. The van der Waals surface area contributed by atoms with Crippen LogP contribution >= 0.6 is 0 Å². The summed E-state index contributed by atoms with van der Waals surface area (Å²) in [4.78, 5) is 12.0. The van der Waals surface area contributed by atoms with E-state index >= 15 is 0 Å². The van der Waals surface area contributed by atoms with E-state index in [-0.39, 0.29) is 25.0 Å². The highest BCUT2D eigenvalue weighted by Crippen LogP contribution is 2.26. The van der Waals surface area contributed by atoms with Gasteiger partial charge in [0, 0.05) is 5.92 Å². The van der Waals surface area contributed by atoms with Gasteiger partial charge in [0.25, 0.3) is 0 Å². The van der Waals surface area contributed by atoms with Crippen molar-refractivity contribution in [1.82, 2.24) is 0 Å². The first kappa shape index (κ1) is 19.5. The van der Waals surface area contributed by atoms with E-state index in [1.807, 2.05) is 6.92 Å². The summed E-state index contributed by atoms with van der Waals surface area (Å²) < 4.78 is 5.35. The van der Waals surface area contributed by atoms with Crippen LogP contribution in [0.4, 0.5) is 11.4 Å². The highest BCUT2D eigenvalue weighted by molar-refractivity contribution is 6.01. The summed E-state index contributed by atoms with van der Waals surface area (Å²) in [6.45, 7) is 1.93. The number of rotatable bonds is 8. The fourth-order valence-electron chi connectivity index (χ4n) is 2.39. The number of nitrogen functional groups attached to an aromatic ring is 1. The van der Waals surface area contributed by atoms with Gasteiger partial charge in [-0.15, -0.1) is 0 Å². The zero-order valence-electron chi connectivity index (χ0n) is 14.6. The lowest BCUT2D eigenvalue weighted by Gasteiger charge is -2.17. The smallest absolute Gasteiger partial charge is 0.248 e. The number of nitrogens with one attached hydrogen (secondary N) is 1. The van der Waals surface area contributed by atoms with Crippen LogP contribution in [0.1, 0.15) is 18.6 Å². The molecule has 0 radical (unpaired) electrons. The third-order valence-electron chi connectivity index (χ3n) is 3.83. The van der Waals surface area contributed by atoms with Crippen LogP contribution in [0.5, 0.6) is 5.75 Å². The quantitative estimate of drug-likeness (QED) is 0.430. The lowest BCUT2D eigenvalue weighted by Crippen LogP contribution is -2.12. The van der Waals surface area contributed by atoms with E-state index in [9.17, 15) is 9.90 Å². The van der Waals surface area contributed by atoms with Crippen molar-refractivity contribution in [2.45, 2.75) is 13.0 Å². The molecule has 0 bridgehead atoms. The molecule has 6 nitrogen and oxygen atoms in total. The zero-order valence-corrected chi connectivity index (χ0v) is 14.6. The highest BCUT2D eigenvalue weighted by Gasteiger charge is 2.15. The molecule has 0 heterocycles. The summed E-state index contributed by atoms with van der Waals surface area (Å²) in [6.07, 6.45) is 2.23. The molecule has 0 spiro atoms. The van der Waals surface area contributed by atoms with Gasteiger partial charge in [-0.05, 0) is 35.9 Å². The lowest BCUT2D eigenvalue weighted by atomic mass is 9.97. The average molecular weight is 356 g/mol. The van der Waals surface area contributed by atoms with Crippen LogP contribution in [0, 0.1) is 5.92 Å². The Morgan fingerprint density at radius 2 is 2.04 bits per heavy atom. The second-order valence-electron chi connectivity index (χ2n) is 5.88. The number of amides is 1. The molecule has 2 rings (SSSR count). The first-order valence-corrected chi connectivity index (χ1v) is 8.36. The Morgan fingerprint density at radius 1 is 1.27 bits per heavy atom. The molecule has 0 aliphatic carbocycles. The van der Waals surface area contributed by atoms with Crippen LogP contribution in [0.3, 0.4) is 0 Å². The van der Waals surface area contributed by atoms with Crippen LogP contribution in [0.25, 0.3) is 0 Å². The van der Waals surface area contributed by atoms with Gasteiger partial charge < -0.3 is 26.0 Å². The first-order chi connectivity index (χ1) is 12.5. The second kappa shape index (κ2) is 9.60.